The Morgan fingerprint density at radius 2 is 1.51 bits per heavy atom. The van der Waals surface area contributed by atoms with Gasteiger partial charge in [-0.3, -0.25) is 14.4 Å². The average molecular weight is 512 g/mol. The minimum atomic E-state index is -0.526. The highest BCUT2D eigenvalue weighted by molar-refractivity contribution is 6.09. The lowest BCUT2D eigenvalue weighted by Gasteiger charge is -2.18. The van der Waals surface area contributed by atoms with Crippen LogP contribution < -0.4 is 27.5 Å². The van der Waals surface area contributed by atoms with Crippen molar-refractivity contribution in [1.29, 1.82) is 0 Å². The third kappa shape index (κ3) is 6.00. The van der Waals surface area contributed by atoms with E-state index in [1.54, 1.807) is 19.9 Å². The number of nitrogens with one attached hydrogen (secondary N) is 2. The van der Waals surface area contributed by atoms with Crippen LogP contribution in [0.25, 0.3) is 22.6 Å². The van der Waals surface area contributed by atoms with E-state index in [0.29, 0.717) is 30.8 Å². The average Bonchev–Trinajstić information content (AvgIpc) is 2.84. The molecule has 0 unspecified atom stereocenters. The van der Waals surface area contributed by atoms with Crippen molar-refractivity contribution in [2.45, 2.75) is 26.7 Å². The van der Waals surface area contributed by atoms with Gasteiger partial charge >= 0.3 is 0 Å². The third-order valence-corrected chi connectivity index (χ3v) is 6.23. The van der Waals surface area contributed by atoms with E-state index < -0.39 is 11.3 Å². The molecule has 0 fully saturated rings. The molecule has 0 spiro atoms. The van der Waals surface area contributed by atoms with Gasteiger partial charge in [-0.1, -0.05) is 0 Å². The monoisotopic (exact) mass is 511 g/mol. The topological polar surface area (TPSA) is 160 Å². The lowest BCUT2D eigenvalue weighted by molar-refractivity contribution is 0.0946. The van der Waals surface area contributed by atoms with Gasteiger partial charge in [0, 0.05) is 29.9 Å². The quantitative estimate of drug-likeness (QED) is 0.179. The van der Waals surface area contributed by atoms with E-state index >= 15 is 0 Å². The van der Waals surface area contributed by atoms with Gasteiger partial charge < -0.3 is 36.3 Å². The molecule has 1 heterocycles. The van der Waals surface area contributed by atoms with Gasteiger partial charge in [-0.2, -0.15) is 0 Å². The molecule has 1 aromatic rings. The van der Waals surface area contributed by atoms with E-state index in [9.17, 15) is 14.4 Å². The molecule has 6 N–H and O–H groups in total. The van der Waals surface area contributed by atoms with Crippen molar-refractivity contribution in [1.82, 2.24) is 25.4 Å². The second-order valence-electron chi connectivity index (χ2n) is 9.78. The first-order chi connectivity index (χ1) is 17.4. The van der Waals surface area contributed by atoms with Crippen molar-refractivity contribution in [2.75, 3.05) is 65.8 Å². The zero-order valence-corrected chi connectivity index (χ0v) is 22.4. The number of carbonyl (C=O) groups excluding carboxylic acids is 2. The molecule has 1 aliphatic carbocycles. The molecule has 0 atom stereocenters. The van der Waals surface area contributed by atoms with Crippen LogP contribution >= 0.6 is 0 Å². The van der Waals surface area contributed by atoms with E-state index in [-0.39, 0.29) is 50.8 Å². The molecule has 2 amide bonds. The van der Waals surface area contributed by atoms with Gasteiger partial charge in [0.2, 0.25) is 5.43 Å². The molecule has 2 aliphatic rings. The number of hydrogen-bond donors (Lipinski definition) is 4. The third-order valence-electron chi connectivity index (χ3n) is 6.23. The second kappa shape index (κ2) is 11.6. The first-order valence-electron chi connectivity index (χ1n) is 12.3. The summed E-state index contributed by atoms with van der Waals surface area (Å²) in [6, 6.07) is 1.55. The summed E-state index contributed by atoms with van der Waals surface area (Å²) in [6.07, 6.45) is 1.48. The molecule has 0 bridgehead atoms. The van der Waals surface area contributed by atoms with Crippen molar-refractivity contribution in [2.24, 2.45) is 0 Å². The van der Waals surface area contributed by atoms with Crippen LogP contribution in [0.5, 0.6) is 0 Å². The number of anilines is 2. The number of rotatable bonds is 10. The maximum atomic E-state index is 13.2. The number of aromatic nitrogens is 1. The molecule has 0 aromatic heterocycles. The van der Waals surface area contributed by atoms with Crippen molar-refractivity contribution >= 4 is 34.3 Å². The molecule has 11 heteroatoms. The van der Waals surface area contributed by atoms with Crippen LogP contribution in [0.3, 0.4) is 0 Å². The molecule has 0 radical (unpaired) electrons. The summed E-state index contributed by atoms with van der Waals surface area (Å²) in [5.41, 5.74) is 13.6. The molecule has 1 aromatic carbocycles. The van der Waals surface area contributed by atoms with Gasteiger partial charge in [0.05, 0.1) is 16.8 Å². The summed E-state index contributed by atoms with van der Waals surface area (Å²) in [7, 11) is 7.81. The number of nitrogens with two attached hydrogens (primary N) is 2. The summed E-state index contributed by atoms with van der Waals surface area (Å²) >= 11 is 0. The summed E-state index contributed by atoms with van der Waals surface area (Å²) in [4.78, 5) is 47.9. The summed E-state index contributed by atoms with van der Waals surface area (Å²) in [6.45, 7) is 5.76. The van der Waals surface area contributed by atoms with E-state index in [1.165, 1.54) is 0 Å². The minimum Gasteiger partial charge on any atom is -0.452 e. The smallest absolute Gasteiger partial charge is 0.255 e. The molecule has 200 valence electrons. The minimum absolute atomic E-state index is 0.0621. The van der Waals surface area contributed by atoms with Crippen LogP contribution in [-0.2, 0) is 0 Å². The molecule has 1 aliphatic heterocycles. The van der Waals surface area contributed by atoms with Gasteiger partial charge in [0.25, 0.3) is 11.8 Å². The first kappa shape index (κ1) is 27.9. The van der Waals surface area contributed by atoms with Gasteiger partial charge in [-0.25, -0.2) is 4.98 Å². The summed E-state index contributed by atoms with van der Waals surface area (Å²) in [5, 5.41) is 5.71. The molecule has 37 heavy (non-hydrogen) atoms. The van der Waals surface area contributed by atoms with Crippen LogP contribution in [0.15, 0.2) is 15.3 Å². The number of amides is 2. The number of nitrogen functional groups attached to an aromatic ring is 2. The van der Waals surface area contributed by atoms with Gasteiger partial charge in [-0.15, -0.1) is 0 Å². The van der Waals surface area contributed by atoms with Crippen molar-refractivity contribution in [3.8, 4) is 11.5 Å². The Kier molecular flexibility index (Phi) is 8.72. The number of benzene rings is 2. The predicted molar refractivity (Wildman–Crippen MR) is 146 cm³/mol. The zero-order valence-electron chi connectivity index (χ0n) is 22.4. The Morgan fingerprint density at radius 1 is 0.946 bits per heavy atom. The van der Waals surface area contributed by atoms with Crippen LogP contribution in [0.4, 0.5) is 11.4 Å². The second-order valence-corrected chi connectivity index (χ2v) is 9.78. The maximum absolute atomic E-state index is 13.2. The van der Waals surface area contributed by atoms with Crippen molar-refractivity contribution in [3.63, 3.8) is 0 Å². The highest BCUT2D eigenvalue weighted by Gasteiger charge is 2.29. The van der Waals surface area contributed by atoms with Crippen LogP contribution in [0.1, 0.15) is 44.7 Å². The van der Waals surface area contributed by atoms with E-state index in [2.05, 4.69) is 10.6 Å². The normalized spacial score (nSPS) is 11.6. The van der Waals surface area contributed by atoms with Gasteiger partial charge in [0.1, 0.15) is 11.2 Å². The lowest BCUT2D eigenvalue weighted by Crippen LogP contribution is -2.31. The SMILES string of the molecule is Cc1c2oc3c(C)c(N)cc(C(=O)NCCCN(C)C)c3nc-2c(C(=O)NCCCN(C)C)c(N)c1=O. The molecular weight excluding hydrogens is 474 g/mol. The Labute approximate surface area is 216 Å². The van der Waals surface area contributed by atoms with Gasteiger partial charge in [0.15, 0.2) is 11.3 Å². The largest absolute Gasteiger partial charge is 0.452 e. The number of fused-ring (bicyclic) bond motifs is 2. The fraction of sp³-hybridized carbons (Fsp3) is 0.462. The fourth-order valence-electron chi connectivity index (χ4n) is 4.06. The number of carbonyl (C=O) groups is 2. The van der Waals surface area contributed by atoms with Crippen LogP contribution in [0.2, 0.25) is 0 Å². The zero-order chi connectivity index (χ0) is 27.4. The highest BCUT2D eigenvalue weighted by Crippen LogP contribution is 2.35. The molecule has 0 saturated carbocycles. The fourth-order valence-corrected chi connectivity index (χ4v) is 4.06. The van der Waals surface area contributed by atoms with Crippen LogP contribution in [-0.4, -0.2) is 81.0 Å². The Bertz CT molecular complexity index is 1350. The standard InChI is InChI=1S/C26H37N7O4/c1-14-17(27)13-16(25(35)29-9-7-11-32(3)4)20-23(14)37-24-15(2)22(34)19(28)18(21(24)31-20)26(36)30-10-8-12-33(5)6/h13H,7-12,27-28H2,1-6H3,(H,29,35)(H,30,36). The Morgan fingerprint density at radius 3 is 2.08 bits per heavy atom. The van der Waals surface area contributed by atoms with E-state index in [0.717, 1.165) is 19.5 Å². The number of nitrogens with zero attached hydrogens (tertiary/aromatic N) is 3. The molecule has 0 saturated heterocycles. The van der Waals surface area contributed by atoms with E-state index in [4.69, 9.17) is 20.9 Å². The molecule has 11 nitrogen and oxygen atoms in total. The van der Waals surface area contributed by atoms with Gasteiger partial charge in [-0.05, 0) is 74.0 Å². The Balaban J connectivity index is 2.14. The van der Waals surface area contributed by atoms with Crippen molar-refractivity contribution < 1.29 is 14.0 Å². The van der Waals surface area contributed by atoms with Crippen molar-refractivity contribution in [3.05, 3.63) is 38.5 Å². The Hall–Kier alpha value is -3.70. The molecule has 3 rings (SSSR count). The number of hydrogen-bond acceptors (Lipinski definition) is 9. The predicted octanol–water partition coefficient (Wildman–Crippen LogP) is 1.44. The maximum Gasteiger partial charge on any atom is 0.255 e. The lowest BCUT2D eigenvalue weighted by atomic mass is 9.99. The summed E-state index contributed by atoms with van der Waals surface area (Å²) in [5.74, 6) is -0.754. The summed E-state index contributed by atoms with van der Waals surface area (Å²) < 4.78 is 6.15. The molecular formula is C26H37N7O4. The van der Waals surface area contributed by atoms with Crippen LogP contribution in [0, 0.1) is 13.8 Å². The highest BCUT2D eigenvalue weighted by atomic mass is 16.3. The number of aryl methyl sites for hydroxylation is 1. The first-order valence-corrected chi connectivity index (χ1v) is 12.3. The van der Waals surface area contributed by atoms with E-state index in [1.807, 2.05) is 38.0 Å².